The van der Waals surface area contributed by atoms with Crippen LogP contribution in [0, 0.1) is 0 Å². The Morgan fingerprint density at radius 3 is 2.40 bits per heavy atom. The molecule has 1 heteroatoms. The van der Waals surface area contributed by atoms with Gasteiger partial charge >= 0.3 is 0 Å². The Hall–Kier alpha value is 0.0900. The SMILES string of the molecule is CC/C=C\S. The fraction of sp³-hybridized carbons (Fsp3) is 0.500. The Labute approximate surface area is 38.3 Å². The molecule has 0 aliphatic rings. The third-order valence-corrected chi connectivity index (χ3v) is 0.552. The van der Waals surface area contributed by atoms with E-state index in [0.717, 1.165) is 6.42 Å². The summed E-state index contributed by atoms with van der Waals surface area (Å²) in [5.74, 6) is 0. The van der Waals surface area contributed by atoms with Crippen LogP contribution in [0.4, 0.5) is 0 Å². The minimum atomic E-state index is 1.09. The van der Waals surface area contributed by atoms with Crippen LogP contribution in [0.3, 0.4) is 0 Å². The zero-order valence-electron chi connectivity index (χ0n) is 3.31. The molecule has 0 aliphatic carbocycles. The predicted octanol–water partition coefficient (Wildman–Crippen LogP) is 1.84. The summed E-state index contributed by atoms with van der Waals surface area (Å²) >= 11 is 3.82. The molecule has 0 aromatic heterocycles. The van der Waals surface area contributed by atoms with E-state index < -0.39 is 0 Å². The molecular formula is C4H8S. The topological polar surface area (TPSA) is 0 Å². The minimum Gasteiger partial charge on any atom is -0.152 e. The van der Waals surface area contributed by atoms with E-state index in [9.17, 15) is 0 Å². The van der Waals surface area contributed by atoms with Crippen molar-refractivity contribution >= 4 is 12.6 Å². The molecule has 0 saturated heterocycles. The van der Waals surface area contributed by atoms with Crippen molar-refractivity contribution in [2.45, 2.75) is 13.3 Å². The highest BCUT2D eigenvalue weighted by molar-refractivity contribution is 7.83. The summed E-state index contributed by atoms with van der Waals surface area (Å²) in [6, 6.07) is 0. The second kappa shape index (κ2) is 4.09. The summed E-state index contributed by atoms with van der Waals surface area (Å²) in [6.07, 6.45) is 3.08. The molecule has 0 N–H and O–H groups in total. The zero-order valence-corrected chi connectivity index (χ0v) is 4.20. The smallest absolute Gasteiger partial charge is 0.0364 e. The van der Waals surface area contributed by atoms with E-state index in [2.05, 4.69) is 19.6 Å². The summed E-state index contributed by atoms with van der Waals surface area (Å²) in [5.41, 5.74) is 0. The highest BCUT2D eigenvalue weighted by Gasteiger charge is 1.52. The molecule has 0 nitrogen and oxygen atoms in total. The van der Waals surface area contributed by atoms with E-state index in [0.29, 0.717) is 0 Å². The van der Waals surface area contributed by atoms with E-state index in [1.54, 1.807) is 5.41 Å². The number of hydrogen-bond donors (Lipinski definition) is 1. The van der Waals surface area contributed by atoms with Gasteiger partial charge in [0.15, 0.2) is 0 Å². The van der Waals surface area contributed by atoms with Crippen LogP contribution in [0.5, 0.6) is 0 Å². The van der Waals surface area contributed by atoms with Crippen molar-refractivity contribution in [2.75, 3.05) is 0 Å². The standard InChI is InChI=1S/C4H8S/c1-2-3-4-5/h3-5H,2H2,1H3/b4-3-. The van der Waals surface area contributed by atoms with Crippen molar-refractivity contribution in [3.8, 4) is 0 Å². The van der Waals surface area contributed by atoms with Gasteiger partial charge in [-0.2, -0.15) is 12.6 Å². The van der Waals surface area contributed by atoms with Crippen molar-refractivity contribution in [1.82, 2.24) is 0 Å². The maximum atomic E-state index is 3.82. The van der Waals surface area contributed by atoms with Gasteiger partial charge in [0.1, 0.15) is 0 Å². The van der Waals surface area contributed by atoms with Crippen molar-refractivity contribution in [3.05, 3.63) is 11.5 Å². The van der Waals surface area contributed by atoms with Gasteiger partial charge in [0.2, 0.25) is 0 Å². The van der Waals surface area contributed by atoms with Crippen LogP contribution in [0.15, 0.2) is 11.5 Å². The number of rotatable bonds is 1. The molecule has 0 rings (SSSR count). The van der Waals surface area contributed by atoms with Gasteiger partial charge in [0.05, 0.1) is 0 Å². The van der Waals surface area contributed by atoms with Gasteiger partial charge in [-0.3, -0.25) is 0 Å². The molecule has 0 spiro atoms. The Bertz CT molecular complexity index is 30.6. The van der Waals surface area contributed by atoms with Crippen molar-refractivity contribution in [1.29, 1.82) is 0 Å². The largest absolute Gasteiger partial charge is 0.152 e. The lowest BCUT2D eigenvalue weighted by Crippen LogP contribution is -1.41. The molecule has 5 heavy (non-hydrogen) atoms. The van der Waals surface area contributed by atoms with E-state index in [-0.39, 0.29) is 0 Å². The molecule has 0 saturated carbocycles. The Morgan fingerprint density at radius 2 is 2.40 bits per heavy atom. The van der Waals surface area contributed by atoms with Crippen molar-refractivity contribution in [3.63, 3.8) is 0 Å². The summed E-state index contributed by atoms with van der Waals surface area (Å²) in [6.45, 7) is 2.08. The van der Waals surface area contributed by atoms with Crippen LogP contribution in [-0.2, 0) is 0 Å². The van der Waals surface area contributed by atoms with Gasteiger partial charge in [-0.15, -0.1) is 0 Å². The second-order valence-electron chi connectivity index (χ2n) is 0.793. The fourth-order valence-electron chi connectivity index (χ4n) is 0.105. The lowest BCUT2D eigenvalue weighted by molar-refractivity contribution is 1.23. The molecule has 0 bridgehead atoms. The average Bonchev–Trinajstić information content (AvgIpc) is 1.41. The van der Waals surface area contributed by atoms with E-state index in [1.807, 2.05) is 6.08 Å². The zero-order chi connectivity index (χ0) is 4.12. The molecule has 0 aromatic carbocycles. The number of thiol groups is 1. The first-order valence-electron chi connectivity index (χ1n) is 1.71. The summed E-state index contributed by atoms with van der Waals surface area (Å²) in [4.78, 5) is 0. The van der Waals surface area contributed by atoms with E-state index in [4.69, 9.17) is 0 Å². The van der Waals surface area contributed by atoms with Crippen molar-refractivity contribution < 1.29 is 0 Å². The monoisotopic (exact) mass is 88.0 g/mol. The third kappa shape index (κ3) is 4.09. The van der Waals surface area contributed by atoms with E-state index in [1.165, 1.54) is 0 Å². The lowest BCUT2D eigenvalue weighted by atomic mass is 10.5. The summed E-state index contributed by atoms with van der Waals surface area (Å²) in [5, 5.41) is 1.75. The molecule has 0 atom stereocenters. The highest BCUT2D eigenvalue weighted by atomic mass is 32.1. The van der Waals surface area contributed by atoms with Gasteiger partial charge in [-0.1, -0.05) is 13.0 Å². The van der Waals surface area contributed by atoms with Gasteiger partial charge in [0.25, 0.3) is 0 Å². The van der Waals surface area contributed by atoms with Crippen LogP contribution in [0.2, 0.25) is 0 Å². The van der Waals surface area contributed by atoms with Crippen LogP contribution in [0.1, 0.15) is 13.3 Å². The van der Waals surface area contributed by atoms with Crippen LogP contribution in [0.25, 0.3) is 0 Å². The average molecular weight is 88.2 g/mol. The quantitative estimate of drug-likeness (QED) is 0.464. The summed E-state index contributed by atoms with van der Waals surface area (Å²) < 4.78 is 0. The van der Waals surface area contributed by atoms with Gasteiger partial charge in [-0.25, -0.2) is 0 Å². The Balaban J connectivity index is 2.62. The van der Waals surface area contributed by atoms with Crippen LogP contribution in [-0.4, -0.2) is 0 Å². The maximum Gasteiger partial charge on any atom is -0.0364 e. The Morgan fingerprint density at radius 1 is 1.80 bits per heavy atom. The number of hydrogen-bond acceptors (Lipinski definition) is 1. The first-order chi connectivity index (χ1) is 2.41. The molecule has 0 fully saturated rings. The first-order valence-corrected chi connectivity index (χ1v) is 2.22. The fourth-order valence-corrected chi connectivity index (χ4v) is 0.316. The molecule has 0 radical (unpaired) electrons. The van der Waals surface area contributed by atoms with Gasteiger partial charge in [-0.05, 0) is 11.8 Å². The second-order valence-corrected chi connectivity index (χ2v) is 1.09. The highest BCUT2D eigenvalue weighted by Crippen LogP contribution is 1.79. The summed E-state index contributed by atoms with van der Waals surface area (Å²) in [7, 11) is 0. The van der Waals surface area contributed by atoms with Crippen LogP contribution >= 0.6 is 12.6 Å². The van der Waals surface area contributed by atoms with Gasteiger partial charge in [0, 0.05) is 0 Å². The molecule has 0 unspecified atom stereocenters. The van der Waals surface area contributed by atoms with Crippen molar-refractivity contribution in [2.24, 2.45) is 0 Å². The molecule has 0 aliphatic heterocycles. The third-order valence-electron chi connectivity index (χ3n) is 0.341. The molecule has 0 amide bonds. The Kier molecular flexibility index (Phi) is 4.16. The predicted molar refractivity (Wildman–Crippen MR) is 28.4 cm³/mol. The molecule has 0 heterocycles. The molecule has 0 aromatic rings. The molecular weight excluding hydrogens is 80.1 g/mol. The van der Waals surface area contributed by atoms with E-state index >= 15 is 0 Å². The van der Waals surface area contributed by atoms with Crippen LogP contribution < -0.4 is 0 Å². The van der Waals surface area contributed by atoms with Gasteiger partial charge < -0.3 is 0 Å². The maximum absolute atomic E-state index is 3.82. The molecule has 30 valence electrons. The first kappa shape index (κ1) is 5.09. The number of allylic oxidation sites excluding steroid dienone is 1. The minimum absolute atomic E-state index is 1.09. The normalized spacial score (nSPS) is 10.0. The lowest BCUT2D eigenvalue weighted by Gasteiger charge is -1.64.